The highest BCUT2D eigenvalue weighted by Crippen LogP contribution is 2.20. The molecule has 1 unspecified atom stereocenters. The molecule has 0 bridgehead atoms. The molecule has 0 saturated carbocycles. The van der Waals surface area contributed by atoms with E-state index in [1.165, 1.54) is 10.5 Å². The minimum atomic E-state index is -3.55. The van der Waals surface area contributed by atoms with Crippen molar-refractivity contribution < 1.29 is 22.4 Å². The molecule has 4 rings (SSSR count). The van der Waals surface area contributed by atoms with Crippen molar-refractivity contribution in [3.8, 4) is 0 Å². The molecule has 2 aromatic heterocycles. The monoisotopic (exact) mass is 463 g/mol. The molecule has 2 aromatic rings. The van der Waals surface area contributed by atoms with E-state index >= 15 is 0 Å². The van der Waals surface area contributed by atoms with Crippen molar-refractivity contribution in [3.05, 3.63) is 42.5 Å². The molecular weight excluding hydrogens is 434 g/mol. The SMILES string of the molecule is CC(NC(=O)CN1CCN(c2ccc(S(=O)(=O)N3CCOCC3)cn2)CC1)c1ccco1. The fourth-order valence-electron chi connectivity index (χ4n) is 3.88. The van der Waals surface area contributed by atoms with E-state index in [1.807, 2.05) is 13.0 Å². The van der Waals surface area contributed by atoms with Crippen LogP contribution in [0.1, 0.15) is 18.7 Å². The summed E-state index contributed by atoms with van der Waals surface area (Å²) < 4.78 is 37.5. The Morgan fingerprint density at radius 2 is 1.88 bits per heavy atom. The van der Waals surface area contributed by atoms with Gasteiger partial charge in [0.05, 0.1) is 32.1 Å². The molecule has 1 atom stereocenters. The van der Waals surface area contributed by atoms with E-state index in [4.69, 9.17) is 9.15 Å². The number of anilines is 1. The minimum absolute atomic E-state index is 0.0434. The molecule has 1 amide bonds. The summed E-state index contributed by atoms with van der Waals surface area (Å²) in [5, 5.41) is 2.95. The van der Waals surface area contributed by atoms with Crippen molar-refractivity contribution in [2.24, 2.45) is 0 Å². The number of hydrogen-bond acceptors (Lipinski definition) is 8. The molecule has 10 nitrogen and oxygen atoms in total. The largest absolute Gasteiger partial charge is 0.467 e. The van der Waals surface area contributed by atoms with Crippen molar-refractivity contribution in [3.63, 3.8) is 0 Å². The zero-order chi connectivity index (χ0) is 22.6. The van der Waals surface area contributed by atoms with Gasteiger partial charge in [0.25, 0.3) is 0 Å². The molecule has 2 fully saturated rings. The van der Waals surface area contributed by atoms with Gasteiger partial charge in [-0.3, -0.25) is 9.69 Å². The van der Waals surface area contributed by atoms with Gasteiger partial charge in [-0.05, 0) is 31.2 Å². The molecule has 0 spiro atoms. The van der Waals surface area contributed by atoms with Gasteiger partial charge in [0.2, 0.25) is 15.9 Å². The molecule has 2 aliphatic heterocycles. The van der Waals surface area contributed by atoms with Gasteiger partial charge in [0.1, 0.15) is 16.5 Å². The predicted octanol–water partition coefficient (Wildman–Crippen LogP) is 0.695. The van der Waals surface area contributed by atoms with Crippen LogP contribution in [-0.4, -0.2) is 87.5 Å². The van der Waals surface area contributed by atoms with Crippen molar-refractivity contribution in [2.45, 2.75) is 17.9 Å². The van der Waals surface area contributed by atoms with Crippen LogP contribution in [0.2, 0.25) is 0 Å². The van der Waals surface area contributed by atoms with E-state index in [0.29, 0.717) is 45.9 Å². The fourth-order valence-corrected chi connectivity index (χ4v) is 5.24. The Hall–Kier alpha value is -2.47. The van der Waals surface area contributed by atoms with Crippen LogP contribution in [0.25, 0.3) is 0 Å². The number of sulfonamides is 1. The molecule has 2 saturated heterocycles. The zero-order valence-electron chi connectivity index (χ0n) is 18.1. The van der Waals surface area contributed by atoms with E-state index in [0.717, 1.165) is 24.7 Å². The van der Waals surface area contributed by atoms with Gasteiger partial charge in [-0.25, -0.2) is 13.4 Å². The minimum Gasteiger partial charge on any atom is -0.467 e. The number of nitrogens with zero attached hydrogens (tertiary/aromatic N) is 4. The van der Waals surface area contributed by atoms with Gasteiger partial charge in [-0.1, -0.05) is 0 Å². The number of furan rings is 1. The summed E-state index contributed by atoms with van der Waals surface area (Å²) in [6.45, 7) is 6.62. The predicted molar refractivity (Wildman–Crippen MR) is 118 cm³/mol. The number of piperazine rings is 1. The van der Waals surface area contributed by atoms with Gasteiger partial charge in [-0.15, -0.1) is 0 Å². The molecular formula is C21H29N5O5S. The highest BCUT2D eigenvalue weighted by atomic mass is 32.2. The van der Waals surface area contributed by atoms with E-state index in [1.54, 1.807) is 24.5 Å². The van der Waals surface area contributed by atoms with Crippen LogP contribution in [0, 0.1) is 0 Å². The molecule has 11 heteroatoms. The van der Waals surface area contributed by atoms with Crippen molar-refractivity contribution >= 4 is 21.7 Å². The van der Waals surface area contributed by atoms with Crippen LogP contribution in [0.15, 0.2) is 46.0 Å². The maximum absolute atomic E-state index is 12.7. The van der Waals surface area contributed by atoms with Crippen LogP contribution in [0.4, 0.5) is 5.82 Å². The Bertz CT molecular complexity index is 982. The van der Waals surface area contributed by atoms with Gasteiger partial charge in [0.15, 0.2) is 0 Å². The lowest BCUT2D eigenvalue weighted by molar-refractivity contribution is -0.123. The number of carbonyl (C=O) groups excluding carboxylic acids is 1. The normalized spacial score (nSPS) is 19.6. The third kappa shape index (κ3) is 5.29. The fraction of sp³-hybridized carbons (Fsp3) is 0.524. The van der Waals surface area contributed by atoms with Crippen LogP contribution < -0.4 is 10.2 Å². The second-order valence-corrected chi connectivity index (χ2v) is 9.87. The van der Waals surface area contributed by atoms with E-state index in [9.17, 15) is 13.2 Å². The van der Waals surface area contributed by atoms with E-state index < -0.39 is 10.0 Å². The van der Waals surface area contributed by atoms with Gasteiger partial charge < -0.3 is 19.4 Å². The molecule has 1 N–H and O–H groups in total. The van der Waals surface area contributed by atoms with Crippen molar-refractivity contribution in [1.29, 1.82) is 0 Å². The summed E-state index contributed by atoms with van der Waals surface area (Å²) in [7, 11) is -3.55. The second kappa shape index (κ2) is 9.99. The van der Waals surface area contributed by atoms with Crippen LogP contribution >= 0.6 is 0 Å². The molecule has 0 radical (unpaired) electrons. The lowest BCUT2D eigenvalue weighted by atomic mass is 10.2. The number of carbonyl (C=O) groups is 1. The van der Waals surface area contributed by atoms with Gasteiger partial charge >= 0.3 is 0 Å². The quantitative estimate of drug-likeness (QED) is 0.639. The zero-order valence-corrected chi connectivity index (χ0v) is 19.0. The maximum atomic E-state index is 12.7. The van der Waals surface area contributed by atoms with E-state index in [2.05, 4.69) is 20.1 Å². The molecule has 174 valence electrons. The summed E-state index contributed by atoms with van der Waals surface area (Å²) in [4.78, 5) is 21.1. The van der Waals surface area contributed by atoms with Gasteiger partial charge in [0, 0.05) is 45.5 Å². The Labute approximate surface area is 188 Å². The molecule has 2 aliphatic rings. The molecule has 0 aliphatic carbocycles. The number of nitrogens with one attached hydrogen (secondary N) is 1. The Kier molecular flexibility index (Phi) is 7.09. The lowest BCUT2D eigenvalue weighted by Gasteiger charge is -2.35. The third-order valence-electron chi connectivity index (χ3n) is 5.74. The number of aromatic nitrogens is 1. The van der Waals surface area contributed by atoms with E-state index in [-0.39, 0.29) is 16.8 Å². The number of pyridine rings is 1. The number of amides is 1. The average molecular weight is 464 g/mol. The Morgan fingerprint density at radius 3 is 2.50 bits per heavy atom. The first-order valence-corrected chi connectivity index (χ1v) is 12.2. The highest BCUT2D eigenvalue weighted by Gasteiger charge is 2.27. The lowest BCUT2D eigenvalue weighted by Crippen LogP contribution is -2.50. The maximum Gasteiger partial charge on any atom is 0.244 e. The number of ether oxygens (including phenoxy) is 1. The summed E-state index contributed by atoms with van der Waals surface area (Å²) in [5.74, 6) is 1.42. The first kappa shape index (κ1) is 22.7. The number of hydrogen-bond donors (Lipinski definition) is 1. The summed E-state index contributed by atoms with van der Waals surface area (Å²) in [6.07, 6.45) is 3.02. The molecule has 4 heterocycles. The smallest absolute Gasteiger partial charge is 0.244 e. The van der Waals surface area contributed by atoms with Crippen molar-refractivity contribution in [1.82, 2.24) is 19.5 Å². The Morgan fingerprint density at radius 1 is 1.12 bits per heavy atom. The first-order valence-electron chi connectivity index (χ1n) is 10.8. The third-order valence-corrected chi connectivity index (χ3v) is 7.62. The molecule has 32 heavy (non-hydrogen) atoms. The average Bonchev–Trinajstić information content (AvgIpc) is 3.35. The molecule has 0 aromatic carbocycles. The highest BCUT2D eigenvalue weighted by molar-refractivity contribution is 7.89. The van der Waals surface area contributed by atoms with Crippen LogP contribution in [0.5, 0.6) is 0 Å². The topological polar surface area (TPSA) is 108 Å². The Balaban J connectivity index is 1.27. The number of rotatable bonds is 7. The van der Waals surface area contributed by atoms with Crippen LogP contribution in [-0.2, 0) is 19.6 Å². The summed E-state index contributed by atoms with van der Waals surface area (Å²) in [6, 6.07) is 6.84. The first-order chi connectivity index (χ1) is 15.4. The second-order valence-electron chi connectivity index (χ2n) is 7.94. The standard InChI is InChI=1S/C21H29N5O5S/c1-17(19-3-2-12-31-19)23-21(27)16-24-6-8-25(9-7-24)20-5-4-18(15-22-20)32(28,29)26-10-13-30-14-11-26/h2-5,12,15,17H,6-11,13-14,16H2,1H3,(H,23,27). The van der Waals surface area contributed by atoms with Crippen LogP contribution in [0.3, 0.4) is 0 Å². The number of morpholine rings is 1. The summed E-state index contributed by atoms with van der Waals surface area (Å²) in [5.41, 5.74) is 0. The van der Waals surface area contributed by atoms with Crippen molar-refractivity contribution in [2.75, 3.05) is 63.9 Å². The summed E-state index contributed by atoms with van der Waals surface area (Å²) >= 11 is 0. The van der Waals surface area contributed by atoms with Gasteiger partial charge in [-0.2, -0.15) is 4.31 Å².